The summed E-state index contributed by atoms with van der Waals surface area (Å²) in [4.78, 5) is 0. The van der Waals surface area contributed by atoms with Gasteiger partial charge >= 0.3 is 0 Å². The van der Waals surface area contributed by atoms with Gasteiger partial charge in [0.25, 0.3) is 0 Å². The van der Waals surface area contributed by atoms with Crippen LogP contribution >= 0.6 is 0 Å². The quantitative estimate of drug-likeness (QED) is 0.641. The summed E-state index contributed by atoms with van der Waals surface area (Å²) in [5, 5.41) is 7.52. The number of hydrogen-bond donors (Lipinski definition) is 2. The summed E-state index contributed by atoms with van der Waals surface area (Å²) in [6.45, 7) is 4.29. The van der Waals surface area contributed by atoms with Crippen LogP contribution in [0.2, 0.25) is 0 Å². The highest BCUT2D eigenvalue weighted by atomic mass is 16.5. The van der Waals surface area contributed by atoms with Gasteiger partial charge in [0.05, 0.1) is 0 Å². The highest BCUT2D eigenvalue weighted by Crippen LogP contribution is 2.31. The lowest BCUT2D eigenvalue weighted by Crippen LogP contribution is -2.30. The molecule has 1 fully saturated rings. The van der Waals surface area contributed by atoms with E-state index >= 15 is 0 Å². The average Bonchev–Trinajstić information content (AvgIpc) is 2.41. The van der Waals surface area contributed by atoms with Gasteiger partial charge in [0.2, 0.25) is 0 Å². The molecule has 2 unspecified atom stereocenters. The Morgan fingerprint density at radius 2 is 2.11 bits per heavy atom. The Morgan fingerprint density at radius 3 is 2.79 bits per heavy atom. The highest BCUT2D eigenvalue weighted by Gasteiger charge is 2.25. The topological polar surface area (TPSA) is 59.1 Å². The van der Waals surface area contributed by atoms with Crippen molar-refractivity contribution in [2.75, 3.05) is 0 Å². The number of amidine groups is 1. The van der Waals surface area contributed by atoms with Crippen molar-refractivity contribution in [2.24, 2.45) is 11.7 Å². The monoisotopic (exact) mass is 260 g/mol. The van der Waals surface area contributed by atoms with Crippen LogP contribution in [0.25, 0.3) is 0 Å². The summed E-state index contributed by atoms with van der Waals surface area (Å²) in [6, 6.07) is 5.76. The zero-order valence-electron chi connectivity index (χ0n) is 11.9. The Morgan fingerprint density at radius 1 is 1.37 bits per heavy atom. The second kappa shape index (κ2) is 6.09. The molecular weight excluding hydrogens is 236 g/mol. The Bertz CT molecular complexity index is 456. The number of ether oxygens (including phenoxy) is 1. The normalized spacial score (nSPS) is 23.1. The van der Waals surface area contributed by atoms with Crippen molar-refractivity contribution >= 4 is 5.84 Å². The summed E-state index contributed by atoms with van der Waals surface area (Å²) >= 11 is 0. The van der Waals surface area contributed by atoms with E-state index in [1.54, 1.807) is 0 Å². The first kappa shape index (κ1) is 13.9. The van der Waals surface area contributed by atoms with E-state index < -0.39 is 0 Å². The van der Waals surface area contributed by atoms with Gasteiger partial charge in [-0.1, -0.05) is 25.5 Å². The first-order chi connectivity index (χ1) is 9.11. The van der Waals surface area contributed by atoms with Crippen LogP contribution in [-0.4, -0.2) is 11.9 Å². The minimum atomic E-state index is 0.0977. The summed E-state index contributed by atoms with van der Waals surface area (Å²) < 4.78 is 6.23. The van der Waals surface area contributed by atoms with E-state index in [9.17, 15) is 0 Å². The molecule has 3 heteroatoms. The third kappa shape index (κ3) is 3.28. The molecule has 104 valence electrons. The third-order valence-electron chi connectivity index (χ3n) is 4.14. The molecule has 0 aromatic heterocycles. The molecule has 2 rings (SSSR count). The van der Waals surface area contributed by atoms with E-state index in [0.717, 1.165) is 23.3 Å². The second-order valence-corrected chi connectivity index (χ2v) is 5.50. The maximum absolute atomic E-state index is 7.52. The van der Waals surface area contributed by atoms with Crippen molar-refractivity contribution in [3.05, 3.63) is 29.3 Å². The molecule has 0 aliphatic heterocycles. The van der Waals surface area contributed by atoms with Crippen LogP contribution in [0.15, 0.2) is 18.2 Å². The van der Waals surface area contributed by atoms with Crippen molar-refractivity contribution in [1.82, 2.24) is 0 Å². The number of benzene rings is 1. The zero-order valence-corrected chi connectivity index (χ0v) is 11.9. The molecule has 0 bridgehead atoms. The molecule has 0 radical (unpaired) electrons. The molecule has 1 aromatic carbocycles. The lowest BCUT2D eigenvalue weighted by Gasteiger charge is -2.31. The molecule has 0 saturated heterocycles. The average molecular weight is 260 g/mol. The van der Waals surface area contributed by atoms with Crippen molar-refractivity contribution in [2.45, 2.75) is 52.1 Å². The molecule has 1 aliphatic rings. The molecular formula is C16H24N2O. The largest absolute Gasteiger partial charge is 0.490 e. The van der Waals surface area contributed by atoms with Gasteiger partial charge in [-0.05, 0) is 50.2 Å². The number of nitrogens with one attached hydrogen (secondary N) is 1. The van der Waals surface area contributed by atoms with Gasteiger partial charge in [-0.2, -0.15) is 0 Å². The Labute approximate surface area is 115 Å². The molecule has 19 heavy (non-hydrogen) atoms. The van der Waals surface area contributed by atoms with Gasteiger partial charge in [0.1, 0.15) is 17.7 Å². The number of nitrogens with two attached hydrogens (primary N) is 1. The fourth-order valence-electron chi connectivity index (χ4n) is 2.85. The fourth-order valence-corrected chi connectivity index (χ4v) is 2.85. The van der Waals surface area contributed by atoms with Crippen LogP contribution < -0.4 is 10.5 Å². The van der Waals surface area contributed by atoms with Crippen molar-refractivity contribution in [3.63, 3.8) is 0 Å². The predicted octanol–water partition coefficient (Wildman–Crippen LogP) is 3.63. The lowest BCUT2D eigenvalue weighted by atomic mass is 9.84. The maximum atomic E-state index is 7.52. The molecule has 1 saturated carbocycles. The van der Waals surface area contributed by atoms with Crippen LogP contribution in [0.3, 0.4) is 0 Å². The van der Waals surface area contributed by atoms with Gasteiger partial charge in [-0.25, -0.2) is 0 Å². The molecule has 0 heterocycles. The maximum Gasteiger partial charge on any atom is 0.123 e. The van der Waals surface area contributed by atoms with Gasteiger partial charge < -0.3 is 10.5 Å². The molecule has 3 nitrogen and oxygen atoms in total. The van der Waals surface area contributed by atoms with Crippen LogP contribution in [0.4, 0.5) is 0 Å². The fraction of sp³-hybridized carbons (Fsp3) is 0.562. The Balaban J connectivity index is 2.17. The summed E-state index contributed by atoms with van der Waals surface area (Å²) in [6.07, 6.45) is 6.49. The van der Waals surface area contributed by atoms with E-state index in [1.807, 2.05) is 25.1 Å². The molecule has 0 spiro atoms. The van der Waals surface area contributed by atoms with Gasteiger partial charge in [0.15, 0.2) is 0 Å². The Hall–Kier alpha value is -1.51. The van der Waals surface area contributed by atoms with Crippen molar-refractivity contribution in [1.29, 1.82) is 5.41 Å². The molecule has 0 amide bonds. The van der Waals surface area contributed by atoms with Crippen LogP contribution in [0.5, 0.6) is 5.75 Å². The van der Waals surface area contributed by atoms with Gasteiger partial charge in [-0.3, -0.25) is 5.41 Å². The van der Waals surface area contributed by atoms with Crippen LogP contribution in [0, 0.1) is 18.3 Å². The Kier molecular flexibility index (Phi) is 4.46. The number of hydrogen-bond acceptors (Lipinski definition) is 2. The first-order valence-corrected chi connectivity index (χ1v) is 7.23. The number of rotatable bonds is 4. The zero-order chi connectivity index (χ0) is 13.8. The third-order valence-corrected chi connectivity index (χ3v) is 4.14. The van der Waals surface area contributed by atoms with E-state index in [-0.39, 0.29) is 5.84 Å². The van der Waals surface area contributed by atoms with Crippen LogP contribution in [-0.2, 0) is 0 Å². The number of nitrogen functional groups attached to an aromatic ring is 1. The molecule has 2 atom stereocenters. The number of aryl methyl sites for hydroxylation is 1. The van der Waals surface area contributed by atoms with E-state index in [2.05, 4.69) is 6.92 Å². The van der Waals surface area contributed by atoms with E-state index in [0.29, 0.717) is 12.0 Å². The van der Waals surface area contributed by atoms with Gasteiger partial charge in [0, 0.05) is 5.56 Å². The predicted molar refractivity (Wildman–Crippen MR) is 78.9 cm³/mol. The summed E-state index contributed by atoms with van der Waals surface area (Å²) in [5.74, 6) is 1.65. The van der Waals surface area contributed by atoms with E-state index in [1.165, 1.54) is 25.7 Å². The molecule has 1 aliphatic carbocycles. The molecule has 1 aromatic rings. The first-order valence-electron chi connectivity index (χ1n) is 7.23. The van der Waals surface area contributed by atoms with Crippen molar-refractivity contribution in [3.8, 4) is 5.75 Å². The minimum Gasteiger partial charge on any atom is -0.490 e. The highest BCUT2D eigenvalue weighted by molar-refractivity contribution is 5.95. The second-order valence-electron chi connectivity index (χ2n) is 5.50. The van der Waals surface area contributed by atoms with Crippen LogP contribution in [0.1, 0.15) is 50.2 Å². The van der Waals surface area contributed by atoms with E-state index in [4.69, 9.17) is 15.9 Å². The summed E-state index contributed by atoms with van der Waals surface area (Å²) in [7, 11) is 0. The summed E-state index contributed by atoms with van der Waals surface area (Å²) in [5.41, 5.74) is 7.40. The lowest BCUT2D eigenvalue weighted by molar-refractivity contribution is 0.0897. The smallest absolute Gasteiger partial charge is 0.123 e. The van der Waals surface area contributed by atoms with Crippen molar-refractivity contribution < 1.29 is 4.74 Å². The standard InChI is InChI=1S/C16H24N2O/c1-3-12-6-4-5-7-14(12)19-15-10-13(16(17)18)9-8-11(15)2/h8-10,12,14H,3-7H2,1-2H3,(H3,17,18). The molecule has 3 N–H and O–H groups in total. The minimum absolute atomic E-state index is 0.0977. The van der Waals surface area contributed by atoms with Gasteiger partial charge in [-0.15, -0.1) is 0 Å². The SMILES string of the molecule is CCC1CCCCC1Oc1cc(C(=N)N)ccc1C.